The Hall–Kier alpha value is -1.17. The first-order valence-electron chi connectivity index (χ1n) is 4.47. The van der Waals surface area contributed by atoms with E-state index in [1.165, 1.54) is 0 Å². The van der Waals surface area contributed by atoms with Gasteiger partial charge in [-0.3, -0.25) is 9.48 Å². The third-order valence-corrected chi connectivity index (χ3v) is 2.81. The van der Waals surface area contributed by atoms with Gasteiger partial charge in [0, 0.05) is 22.4 Å². The number of carbonyl (C=O) groups is 1. The number of nitrogens with zero attached hydrogens (tertiary/aromatic N) is 2. The minimum absolute atomic E-state index is 0.00789. The van der Waals surface area contributed by atoms with Gasteiger partial charge in [-0.15, -0.1) is 0 Å². The smallest absolute Gasteiger partial charge is 0.211 e. The molecule has 2 aromatic rings. The molecule has 0 amide bonds. The standard InChI is InChI=1S/C11H9IN2O/c1-14-10(5-6-13-14)11(15)8-3-2-4-9(12)7-8/h2-7H,1H3. The van der Waals surface area contributed by atoms with E-state index in [1.54, 1.807) is 24.0 Å². The van der Waals surface area contributed by atoms with Gasteiger partial charge in [0.2, 0.25) is 5.78 Å². The van der Waals surface area contributed by atoms with Crippen LogP contribution in [0.3, 0.4) is 0 Å². The molecule has 76 valence electrons. The van der Waals surface area contributed by atoms with Crippen LogP contribution in [0.2, 0.25) is 0 Å². The molecule has 0 radical (unpaired) electrons. The first-order valence-corrected chi connectivity index (χ1v) is 5.54. The highest BCUT2D eigenvalue weighted by atomic mass is 127. The van der Waals surface area contributed by atoms with Gasteiger partial charge in [0.05, 0.1) is 0 Å². The van der Waals surface area contributed by atoms with Crippen molar-refractivity contribution in [2.24, 2.45) is 7.05 Å². The molecule has 4 heteroatoms. The molecule has 0 fully saturated rings. The number of aromatic nitrogens is 2. The Morgan fingerprint density at radius 3 is 2.80 bits per heavy atom. The molecule has 1 aromatic carbocycles. The summed E-state index contributed by atoms with van der Waals surface area (Å²) in [7, 11) is 1.77. The lowest BCUT2D eigenvalue weighted by Crippen LogP contribution is -2.08. The lowest BCUT2D eigenvalue weighted by molar-refractivity contribution is 0.103. The fourth-order valence-electron chi connectivity index (χ4n) is 1.37. The second kappa shape index (κ2) is 4.14. The van der Waals surface area contributed by atoms with E-state index in [0.717, 1.165) is 3.57 Å². The summed E-state index contributed by atoms with van der Waals surface area (Å²) in [4.78, 5) is 12.0. The summed E-state index contributed by atoms with van der Waals surface area (Å²) >= 11 is 2.19. The van der Waals surface area contributed by atoms with Crippen LogP contribution in [0.4, 0.5) is 0 Å². The Balaban J connectivity index is 2.41. The second-order valence-corrected chi connectivity index (χ2v) is 4.43. The molecule has 1 heterocycles. The zero-order valence-corrected chi connectivity index (χ0v) is 10.3. The van der Waals surface area contributed by atoms with Crippen LogP contribution in [0.15, 0.2) is 36.5 Å². The number of rotatable bonds is 2. The monoisotopic (exact) mass is 312 g/mol. The van der Waals surface area contributed by atoms with Gasteiger partial charge < -0.3 is 0 Å². The van der Waals surface area contributed by atoms with E-state index in [1.807, 2.05) is 24.3 Å². The van der Waals surface area contributed by atoms with Crippen molar-refractivity contribution in [1.82, 2.24) is 9.78 Å². The first kappa shape index (κ1) is 10.4. The summed E-state index contributed by atoms with van der Waals surface area (Å²) in [6.45, 7) is 0. The maximum absolute atomic E-state index is 12.0. The maximum atomic E-state index is 12.0. The van der Waals surface area contributed by atoms with Gasteiger partial charge in [-0.25, -0.2) is 0 Å². The second-order valence-electron chi connectivity index (χ2n) is 3.18. The van der Waals surface area contributed by atoms with E-state index in [-0.39, 0.29) is 5.78 Å². The minimum Gasteiger partial charge on any atom is -0.287 e. The minimum atomic E-state index is 0.00789. The molecule has 1 aromatic heterocycles. The molecule has 15 heavy (non-hydrogen) atoms. The first-order chi connectivity index (χ1) is 7.18. The van der Waals surface area contributed by atoms with E-state index in [4.69, 9.17) is 0 Å². The number of halogens is 1. The van der Waals surface area contributed by atoms with E-state index in [2.05, 4.69) is 27.7 Å². The molecule has 3 nitrogen and oxygen atoms in total. The highest BCUT2D eigenvalue weighted by Crippen LogP contribution is 2.12. The number of ketones is 1. The Labute approximate surface area is 101 Å². The Bertz CT molecular complexity index is 505. The van der Waals surface area contributed by atoms with Crippen LogP contribution in [0.25, 0.3) is 0 Å². The lowest BCUT2D eigenvalue weighted by Gasteiger charge is -2.01. The Kier molecular flexibility index (Phi) is 2.86. The van der Waals surface area contributed by atoms with Crippen molar-refractivity contribution in [1.29, 1.82) is 0 Å². The fraction of sp³-hybridized carbons (Fsp3) is 0.0909. The molecule has 0 aliphatic carbocycles. The van der Waals surface area contributed by atoms with Crippen molar-refractivity contribution < 1.29 is 4.79 Å². The summed E-state index contributed by atoms with van der Waals surface area (Å²) in [5.74, 6) is 0.00789. The SMILES string of the molecule is Cn1nccc1C(=O)c1cccc(I)c1. The highest BCUT2D eigenvalue weighted by molar-refractivity contribution is 14.1. The summed E-state index contributed by atoms with van der Waals surface area (Å²) < 4.78 is 2.64. The molecular formula is C11H9IN2O. The van der Waals surface area contributed by atoms with Crippen LogP contribution in [0.5, 0.6) is 0 Å². The number of carbonyl (C=O) groups excluding carboxylic acids is 1. The molecule has 0 atom stereocenters. The van der Waals surface area contributed by atoms with Crippen LogP contribution in [0.1, 0.15) is 16.1 Å². The van der Waals surface area contributed by atoms with Gasteiger partial charge in [0.1, 0.15) is 5.69 Å². The van der Waals surface area contributed by atoms with E-state index < -0.39 is 0 Å². The summed E-state index contributed by atoms with van der Waals surface area (Å²) in [6.07, 6.45) is 1.63. The molecule has 0 spiro atoms. The van der Waals surface area contributed by atoms with Crippen molar-refractivity contribution in [2.45, 2.75) is 0 Å². The van der Waals surface area contributed by atoms with E-state index in [0.29, 0.717) is 11.3 Å². The Morgan fingerprint density at radius 2 is 2.20 bits per heavy atom. The molecular weight excluding hydrogens is 303 g/mol. The average Bonchev–Trinajstić information content (AvgIpc) is 2.63. The number of aryl methyl sites for hydroxylation is 1. The number of hydrogen-bond donors (Lipinski definition) is 0. The third-order valence-electron chi connectivity index (χ3n) is 2.14. The van der Waals surface area contributed by atoms with Crippen LogP contribution >= 0.6 is 22.6 Å². The van der Waals surface area contributed by atoms with Crippen LogP contribution < -0.4 is 0 Å². The molecule has 0 saturated carbocycles. The predicted octanol–water partition coefficient (Wildman–Crippen LogP) is 2.26. The van der Waals surface area contributed by atoms with Crippen molar-refractivity contribution in [3.8, 4) is 0 Å². The largest absolute Gasteiger partial charge is 0.287 e. The molecule has 2 rings (SSSR count). The zero-order valence-electron chi connectivity index (χ0n) is 8.14. The number of benzene rings is 1. The van der Waals surface area contributed by atoms with Gasteiger partial charge in [-0.1, -0.05) is 12.1 Å². The van der Waals surface area contributed by atoms with Crippen LogP contribution in [-0.4, -0.2) is 15.6 Å². The van der Waals surface area contributed by atoms with Crippen molar-refractivity contribution in [3.63, 3.8) is 0 Å². The summed E-state index contributed by atoms with van der Waals surface area (Å²) in [6, 6.07) is 9.25. The third kappa shape index (κ3) is 2.09. The zero-order chi connectivity index (χ0) is 10.8. The molecule has 0 N–H and O–H groups in total. The van der Waals surface area contributed by atoms with Gasteiger partial charge in [0.25, 0.3) is 0 Å². The lowest BCUT2D eigenvalue weighted by atomic mass is 10.1. The highest BCUT2D eigenvalue weighted by Gasteiger charge is 2.12. The molecule has 0 unspecified atom stereocenters. The molecule has 0 bridgehead atoms. The number of hydrogen-bond acceptors (Lipinski definition) is 2. The van der Waals surface area contributed by atoms with Crippen LogP contribution in [-0.2, 0) is 7.05 Å². The van der Waals surface area contributed by atoms with E-state index >= 15 is 0 Å². The topological polar surface area (TPSA) is 34.9 Å². The van der Waals surface area contributed by atoms with Gasteiger partial charge >= 0.3 is 0 Å². The van der Waals surface area contributed by atoms with Crippen molar-refractivity contribution >= 4 is 28.4 Å². The normalized spacial score (nSPS) is 10.3. The van der Waals surface area contributed by atoms with Gasteiger partial charge in [-0.2, -0.15) is 5.10 Å². The van der Waals surface area contributed by atoms with Gasteiger partial charge in [-0.05, 0) is 40.8 Å². The van der Waals surface area contributed by atoms with Crippen molar-refractivity contribution in [2.75, 3.05) is 0 Å². The van der Waals surface area contributed by atoms with Crippen molar-refractivity contribution in [3.05, 3.63) is 51.4 Å². The van der Waals surface area contributed by atoms with E-state index in [9.17, 15) is 4.79 Å². The van der Waals surface area contributed by atoms with Crippen LogP contribution in [0, 0.1) is 3.57 Å². The predicted molar refractivity (Wildman–Crippen MR) is 65.8 cm³/mol. The maximum Gasteiger partial charge on any atom is 0.211 e. The van der Waals surface area contributed by atoms with Gasteiger partial charge in [0.15, 0.2) is 0 Å². The Morgan fingerprint density at radius 1 is 1.40 bits per heavy atom. The molecule has 0 aliphatic heterocycles. The summed E-state index contributed by atoms with van der Waals surface area (Å²) in [5, 5.41) is 3.98. The average molecular weight is 312 g/mol. The summed E-state index contributed by atoms with van der Waals surface area (Å²) in [5.41, 5.74) is 1.31. The quantitative estimate of drug-likeness (QED) is 0.630. The molecule has 0 aliphatic rings. The molecule has 0 saturated heterocycles. The fourth-order valence-corrected chi connectivity index (χ4v) is 1.92.